The lowest BCUT2D eigenvalue weighted by molar-refractivity contribution is -0.137. The molecule has 1 heterocycles. The van der Waals surface area contributed by atoms with Gasteiger partial charge in [-0.1, -0.05) is 11.6 Å². The Balaban J connectivity index is 1.61. The normalized spacial score (nSPS) is 11.3. The Morgan fingerprint density at radius 3 is 2.30 bits per heavy atom. The number of urea groups is 1. The van der Waals surface area contributed by atoms with Crippen LogP contribution in [0, 0.1) is 0 Å². The van der Waals surface area contributed by atoms with Gasteiger partial charge in [0.15, 0.2) is 0 Å². The summed E-state index contributed by atoms with van der Waals surface area (Å²) in [6, 6.07) is 11.7. The summed E-state index contributed by atoms with van der Waals surface area (Å²) in [5.41, 5.74) is -0.517. The summed E-state index contributed by atoms with van der Waals surface area (Å²) in [6.07, 6.45) is -3.19. The second-order valence-electron chi connectivity index (χ2n) is 6.48. The number of nitrogens with zero attached hydrogens (tertiary/aromatic N) is 1. The van der Waals surface area contributed by atoms with E-state index in [1.807, 2.05) is 6.66 Å². The zero-order chi connectivity index (χ0) is 24.0. The van der Waals surface area contributed by atoms with Crippen LogP contribution in [0.2, 0.25) is 5.02 Å². The molecule has 1 unspecified atom stereocenters. The molecule has 0 aliphatic heterocycles. The molecule has 0 saturated heterocycles. The number of anilines is 2. The first-order valence-corrected chi connectivity index (χ1v) is 11.2. The third-order valence-electron chi connectivity index (χ3n) is 4.08. The number of rotatable bonds is 6. The van der Waals surface area contributed by atoms with E-state index in [0.29, 0.717) is 17.2 Å². The van der Waals surface area contributed by atoms with E-state index in [2.05, 4.69) is 20.7 Å². The molecule has 3 rings (SSSR count). The fourth-order valence-electron chi connectivity index (χ4n) is 2.63. The number of pyridine rings is 1. The second kappa shape index (κ2) is 10.5. The molecular formula is C21H17ClF3N4O3P. The first-order valence-electron chi connectivity index (χ1n) is 9.31. The Kier molecular flexibility index (Phi) is 7.73. The molecule has 172 valence electrons. The van der Waals surface area contributed by atoms with Crippen molar-refractivity contribution in [1.82, 2.24) is 10.1 Å². The third-order valence-corrected chi connectivity index (χ3v) is 4.89. The number of benzene rings is 2. The largest absolute Gasteiger partial charge is 0.457 e. The van der Waals surface area contributed by atoms with Crippen LogP contribution in [0.25, 0.3) is 0 Å². The van der Waals surface area contributed by atoms with Crippen molar-refractivity contribution in [3.8, 4) is 11.5 Å². The summed E-state index contributed by atoms with van der Waals surface area (Å²) in [5.74, 6) is 0.523. The number of hydrogen-bond acceptors (Lipinski definition) is 4. The average molecular weight is 497 g/mol. The van der Waals surface area contributed by atoms with Crippen molar-refractivity contribution < 1.29 is 27.5 Å². The quantitative estimate of drug-likeness (QED) is 0.357. The molecule has 0 aliphatic rings. The third kappa shape index (κ3) is 6.81. The van der Waals surface area contributed by atoms with Crippen LogP contribution in [-0.4, -0.2) is 23.6 Å². The van der Waals surface area contributed by atoms with Crippen LogP contribution in [0.1, 0.15) is 16.1 Å². The van der Waals surface area contributed by atoms with Crippen molar-refractivity contribution in [3.63, 3.8) is 0 Å². The maximum Gasteiger partial charge on any atom is 0.417 e. The molecule has 0 saturated carbocycles. The molecule has 3 aromatic rings. The number of ether oxygens (including phenoxy) is 1. The Morgan fingerprint density at radius 1 is 0.970 bits per heavy atom. The lowest BCUT2D eigenvalue weighted by Gasteiger charge is -2.12. The lowest BCUT2D eigenvalue weighted by Crippen LogP contribution is -2.19. The van der Waals surface area contributed by atoms with Crippen LogP contribution >= 0.6 is 20.3 Å². The van der Waals surface area contributed by atoms with Gasteiger partial charge in [-0.05, 0) is 63.9 Å². The topological polar surface area (TPSA) is 92.4 Å². The number of carbonyl (C=O) groups excluding carboxylic acids is 2. The molecular weight excluding hydrogens is 480 g/mol. The minimum Gasteiger partial charge on any atom is -0.457 e. The Labute approximate surface area is 193 Å². The smallest absolute Gasteiger partial charge is 0.417 e. The van der Waals surface area contributed by atoms with Gasteiger partial charge in [0.05, 0.1) is 10.6 Å². The maximum atomic E-state index is 13.0. The van der Waals surface area contributed by atoms with Crippen LogP contribution in [0.4, 0.5) is 29.3 Å². The molecule has 1 atom stereocenters. The number of carbonyl (C=O) groups is 2. The first kappa shape index (κ1) is 24.3. The molecule has 33 heavy (non-hydrogen) atoms. The average Bonchev–Trinajstić information content (AvgIpc) is 2.76. The molecule has 0 fully saturated rings. The van der Waals surface area contributed by atoms with Crippen molar-refractivity contribution in [2.75, 3.05) is 17.3 Å². The number of hydrogen-bond donors (Lipinski definition) is 3. The van der Waals surface area contributed by atoms with E-state index in [9.17, 15) is 22.8 Å². The SMILES string of the molecule is CPNC(=O)c1cc(Oc2ccc(NC(=O)Nc3ccc(Cl)c(C(F)(F)F)c3)cc2)ccn1. The molecule has 3 N–H and O–H groups in total. The first-order chi connectivity index (χ1) is 15.7. The van der Waals surface area contributed by atoms with Gasteiger partial charge >= 0.3 is 12.2 Å². The summed E-state index contributed by atoms with van der Waals surface area (Å²) >= 11 is 5.57. The monoisotopic (exact) mass is 496 g/mol. The molecule has 0 bridgehead atoms. The Morgan fingerprint density at radius 2 is 1.64 bits per heavy atom. The molecule has 2 aromatic carbocycles. The zero-order valence-electron chi connectivity index (χ0n) is 17.0. The Bertz CT molecular complexity index is 1160. The van der Waals surface area contributed by atoms with Gasteiger partial charge in [-0.3, -0.25) is 9.78 Å². The predicted octanol–water partition coefficient (Wildman–Crippen LogP) is 6.14. The van der Waals surface area contributed by atoms with Gasteiger partial charge in [0.2, 0.25) is 0 Å². The molecule has 0 radical (unpaired) electrons. The zero-order valence-corrected chi connectivity index (χ0v) is 18.7. The van der Waals surface area contributed by atoms with Gasteiger partial charge in [-0.2, -0.15) is 13.2 Å². The predicted molar refractivity (Wildman–Crippen MR) is 122 cm³/mol. The van der Waals surface area contributed by atoms with Gasteiger partial charge in [0, 0.05) is 23.6 Å². The van der Waals surface area contributed by atoms with Crippen molar-refractivity contribution in [2.45, 2.75) is 6.18 Å². The van der Waals surface area contributed by atoms with Gasteiger partial charge in [-0.15, -0.1) is 0 Å². The van der Waals surface area contributed by atoms with Crippen molar-refractivity contribution in [1.29, 1.82) is 0 Å². The second-order valence-corrected chi connectivity index (χ2v) is 7.64. The number of aromatic nitrogens is 1. The lowest BCUT2D eigenvalue weighted by atomic mass is 10.2. The van der Waals surface area contributed by atoms with Crippen molar-refractivity contribution >= 4 is 43.6 Å². The van der Waals surface area contributed by atoms with E-state index in [0.717, 1.165) is 12.1 Å². The number of alkyl halides is 3. The highest BCUT2D eigenvalue weighted by Crippen LogP contribution is 2.36. The van der Waals surface area contributed by atoms with E-state index >= 15 is 0 Å². The highest BCUT2D eigenvalue weighted by atomic mass is 35.5. The van der Waals surface area contributed by atoms with Crippen LogP contribution in [0.5, 0.6) is 11.5 Å². The molecule has 1 aromatic heterocycles. The fraction of sp³-hybridized carbons (Fsp3) is 0.0952. The minimum atomic E-state index is -4.64. The van der Waals surface area contributed by atoms with E-state index in [-0.39, 0.29) is 26.0 Å². The van der Waals surface area contributed by atoms with Crippen LogP contribution < -0.4 is 20.5 Å². The Hall–Kier alpha value is -3.36. The van der Waals surface area contributed by atoms with E-state index in [4.69, 9.17) is 16.3 Å². The number of nitrogens with one attached hydrogen (secondary N) is 3. The summed E-state index contributed by atoms with van der Waals surface area (Å²) in [7, 11) is 0.241. The van der Waals surface area contributed by atoms with Crippen LogP contribution in [-0.2, 0) is 6.18 Å². The minimum absolute atomic E-state index is 0.0645. The molecule has 0 spiro atoms. The van der Waals surface area contributed by atoms with Gasteiger partial charge in [-0.25, -0.2) is 4.79 Å². The van der Waals surface area contributed by atoms with Crippen molar-refractivity contribution in [2.24, 2.45) is 0 Å². The standard InChI is InChI=1S/C21H17ClF3N4O3P/c1-33-29-19(30)18-11-15(8-9-26-18)32-14-5-2-12(3-6-14)27-20(31)28-13-4-7-17(22)16(10-13)21(23,24)25/h2-11,33H,1H3,(H,29,30)(H2,27,28,31). The molecule has 12 heteroatoms. The van der Waals surface area contributed by atoms with Gasteiger partial charge in [0.1, 0.15) is 17.2 Å². The van der Waals surface area contributed by atoms with Crippen LogP contribution in [0.3, 0.4) is 0 Å². The fourth-order valence-corrected chi connectivity index (χ4v) is 3.21. The van der Waals surface area contributed by atoms with E-state index in [1.54, 1.807) is 30.3 Å². The summed E-state index contributed by atoms with van der Waals surface area (Å²) in [4.78, 5) is 28.0. The molecule has 7 nitrogen and oxygen atoms in total. The van der Waals surface area contributed by atoms with Crippen molar-refractivity contribution in [3.05, 3.63) is 77.1 Å². The summed E-state index contributed by atoms with van der Waals surface area (Å²) in [5, 5.41) is 7.05. The van der Waals surface area contributed by atoms with E-state index in [1.165, 1.54) is 18.3 Å². The summed E-state index contributed by atoms with van der Waals surface area (Å²) < 4.78 is 44.6. The summed E-state index contributed by atoms with van der Waals surface area (Å²) in [6.45, 7) is 1.82. The molecule has 3 amide bonds. The number of halogens is 4. The maximum absolute atomic E-state index is 13.0. The highest BCUT2D eigenvalue weighted by molar-refractivity contribution is 7.35. The number of amides is 3. The highest BCUT2D eigenvalue weighted by Gasteiger charge is 2.33. The van der Waals surface area contributed by atoms with E-state index < -0.39 is 22.8 Å². The van der Waals surface area contributed by atoms with Gasteiger partial charge in [0.25, 0.3) is 5.91 Å². The van der Waals surface area contributed by atoms with Crippen LogP contribution in [0.15, 0.2) is 60.8 Å². The molecule has 0 aliphatic carbocycles. The van der Waals surface area contributed by atoms with Gasteiger partial charge < -0.3 is 20.5 Å².